The zero-order chi connectivity index (χ0) is 25.2. The van der Waals surface area contributed by atoms with Gasteiger partial charge in [-0.05, 0) is 36.8 Å². The lowest BCUT2D eigenvalue weighted by atomic mass is 10.1. The van der Waals surface area contributed by atoms with Gasteiger partial charge in [0.2, 0.25) is 0 Å². The van der Waals surface area contributed by atoms with Gasteiger partial charge in [-0.2, -0.15) is 18.3 Å². The highest BCUT2D eigenvalue weighted by atomic mass is 35.5. The molecule has 4 rings (SSSR count). The number of anilines is 1. The van der Waals surface area contributed by atoms with E-state index in [4.69, 9.17) is 26.4 Å². The van der Waals surface area contributed by atoms with Crippen LogP contribution in [-0.2, 0) is 17.5 Å². The standard InChI is InChI=1S/C25H24ClF3N4O2/c1-3-35-15-20-23(16-7-9-19(26)10-8-16)24-30-22(32(2)11-12-34)14-21(33(24)31-20)17-5-4-6-18(13-17)25(27,28)29/h4-10,13-14,34H,3,11-12,15H2,1-2H3. The molecule has 0 spiro atoms. The quantitative estimate of drug-likeness (QED) is 0.333. The number of hydrogen-bond acceptors (Lipinski definition) is 5. The van der Waals surface area contributed by atoms with Crippen LogP contribution in [0.5, 0.6) is 0 Å². The lowest BCUT2D eigenvalue weighted by Gasteiger charge is -2.19. The summed E-state index contributed by atoms with van der Waals surface area (Å²) in [5.74, 6) is 0.483. The van der Waals surface area contributed by atoms with E-state index >= 15 is 0 Å². The third kappa shape index (κ3) is 5.27. The van der Waals surface area contributed by atoms with Gasteiger partial charge in [0, 0.05) is 36.9 Å². The number of ether oxygens (including phenoxy) is 1. The van der Waals surface area contributed by atoms with Crippen LogP contribution in [0, 0.1) is 0 Å². The first-order valence-electron chi connectivity index (χ1n) is 11.0. The smallest absolute Gasteiger partial charge is 0.395 e. The fraction of sp³-hybridized carbons (Fsp3) is 0.280. The normalized spacial score (nSPS) is 11.9. The number of halogens is 4. The summed E-state index contributed by atoms with van der Waals surface area (Å²) < 4.78 is 47.6. The molecule has 0 aliphatic rings. The summed E-state index contributed by atoms with van der Waals surface area (Å²) in [6.45, 7) is 2.71. The van der Waals surface area contributed by atoms with Crippen molar-refractivity contribution in [2.45, 2.75) is 19.7 Å². The molecule has 2 aromatic carbocycles. The second-order valence-corrected chi connectivity index (χ2v) is 8.36. The van der Waals surface area contributed by atoms with E-state index in [2.05, 4.69) is 0 Å². The first-order valence-corrected chi connectivity index (χ1v) is 11.4. The Morgan fingerprint density at radius 2 is 1.83 bits per heavy atom. The maximum Gasteiger partial charge on any atom is 0.416 e. The van der Waals surface area contributed by atoms with E-state index in [9.17, 15) is 18.3 Å². The SMILES string of the molecule is CCOCc1nn2c(-c3cccc(C(F)(F)F)c3)cc(N(C)CCO)nc2c1-c1ccc(Cl)cc1. The third-order valence-electron chi connectivity index (χ3n) is 5.54. The van der Waals surface area contributed by atoms with Gasteiger partial charge in [-0.3, -0.25) is 0 Å². The fourth-order valence-electron chi connectivity index (χ4n) is 3.78. The fourth-order valence-corrected chi connectivity index (χ4v) is 3.91. The molecule has 0 aliphatic heterocycles. The number of likely N-dealkylation sites (N-methyl/N-ethyl adjacent to an activating group) is 1. The van der Waals surface area contributed by atoms with Crippen LogP contribution in [-0.4, -0.2) is 46.5 Å². The highest BCUT2D eigenvalue weighted by Gasteiger charge is 2.31. The summed E-state index contributed by atoms with van der Waals surface area (Å²) >= 11 is 6.09. The molecule has 0 fully saturated rings. The van der Waals surface area contributed by atoms with E-state index in [1.165, 1.54) is 6.07 Å². The van der Waals surface area contributed by atoms with Crippen molar-refractivity contribution in [1.29, 1.82) is 0 Å². The van der Waals surface area contributed by atoms with Gasteiger partial charge >= 0.3 is 6.18 Å². The second-order valence-electron chi connectivity index (χ2n) is 7.92. The molecule has 0 bridgehead atoms. The zero-order valence-corrected chi connectivity index (χ0v) is 19.9. The maximum atomic E-state index is 13.5. The topological polar surface area (TPSA) is 62.9 Å². The number of fused-ring (bicyclic) bond motifs is 1. The van der Waals surface area contributed by atoms with Crippen molar-refractivity contribution in [2.24, 2.45) is 0 Å². The Hall–Kier alpha value is -3.14. The van der Waals surface area contributed by atoms with E-state index in [0.717, 1.165) is 17.7 Å². The number of rotatable bonds is 8. The van der Waals surface area contributed by atoms with Crippen LogP contribution in [0.4, 0.5) is 19.0 Å². The average Bonchev–Trinajstić information content (AvgIpc) is 3.20. The van der Waals surface area contributed by atoms with E-state index in [0.29, 0.717) is 52.2 Å². The van der Waals surface area contributed by atoms with Crippen molar-refractivity contribution in [3.63, 3.8) is 0 Å². The molecule has 0 atom stereocenters. The largest absolute Gasteiger partial charge is 0.416 e. The molecule has 0 amide bonds. The van der Waals surface area contributed by atoms with Crippen molar-refractivity contribution >= 4 is 23.1 Å². The van der Waals surface area contributed by atoms with Crippen LogP contribution in [0.25, 0.3) is 28.0 Å². The predicted octanol–water partition coefficient (Wildman–Crippen LogP) is 5.70. The van der Waals surface area contributed by atoms with Gasteiger partial charge in [-0.1, -0.05) is 35.9 Å². The van der Waals surface area contributed by atoms with Crippen LogP contribution >= 0.6 is 11.6 Å². The molecule has 0 unspecified atom stereocenters. The lowest BCUT2D eigenvalue weighted by Crippen LogP contribution is -2.22. The molecular formula is C25H24ClF3N4O2. The Morgan fingerprint density at radius 1 is 1.09 bits per heavy atom. The molecular weight excluding hydrogens is 481 g/mol. The average molecular weight is 505 g/mol. The van der Waals surface area contributed by atoms with Crippen molar-refractivity contribution in [1.82, 2.24) is 14.6 Å². The van der Waals surface area contributed by atoms with Crippen LogP contribution in [0.1, 0.15) is 18.2 Å². The van der Waals surface area contributed by atoms with Crippen molar-refractivity contribution in [3.8, 4) is 22.4 Å². The predicted molar refractivity (Wildman–Crippen MR) is 130 cm³/mol. The number of hydrogen-bond donors (Lipinski definition) is 1. The summed E-state index contributed by atoms with van der Waals surface area (Å²) in [5.41, 5.74) is 2.54. The molecule has 1 N–H and O–H groups in total. The van der Waals surface area contributed by atoms with Crippen molar-refractivity contribution in [2.75, 3.05) is 31.7 Å². The number of alkyl halides is 3. The van der Waals surface area contributed by atoms with E-state index in [1.807, 2.05) is 19.1 Å². The summed E-state index contributed by atoms with van der Waals surface area (Å²) in [4.78, 5) is 6.52. The van der Waals surface area contributed by atoms with Gasteiger partial charge < -0.3 is 14.7 Å². The Bertz CT molecular complexity index is 1320. The van der Waals surface area contributed by atoms with Crippen molar-refractivity contribution < 1.29 is 23.0 Å². The molecule has 35 heavy (non-hydrogen) atoms. The highest BCUT2D eigenvalue weighted by molar-refractivity contribution is 6.30. The Morgan fingerprint density at radius 3 is 2.49 bits per heavy atom. The summed E-state index contributed by atoms with van der Waals surface area (Å²) in [6, 6.07) is 13.9. The van der Waals surface area contributed by atoms with E-state index in [1.54, 1.807) is 40.7 Å². The van der Waals surface area contributed by atoms with E-state index in [-0.39, 0.29) is 13.2 Å². The molecule has 0 saturated carbocycles. The van der Waals surface area contributed by atoms with Gasteiger partial charge in [0.1, 0.15) is 5.82 Å². The molecule has 10 heteroatoms. The van der Waals surface area contributed by atoms with Gasteiger partial charge in [-0.15, -0.1) is 0 Å². The third-order valence-corrected chi connectivity index (χ3v) is 5.79. The number of benzene rings is 2. The van der Waals surface area contributed by atoms with Gasteiger partial charge in [0.15, 0.2) is 5.65 Å². The Kier molecular flexibility index (Phi) is 7.30. The second kappa shape index (κ2) is 10.2. The zero-order valence-electron chi connectivity index (χ0n) is 19.2. The van der Waals surface area contributed by atoms with E-state index < -0.39 is 11.7 Å². The number of aromatic nitrogens is 3. The molecule has 6 nitrogen and oxygen atoms in total. The first kappa shape index (κ1) is 25.0. The molecule has 0 radical (unpaired) electrons. The lowest BCUT2D eigenvalue weighted by molar-refractivity contribution is -0.137. The van der Waals surface area contributed by atoms with Crippen molar-refractivity contribution in [3.05, 3.63) is 70.9 Å². The minimum atomic E-state index is -4.49. The summed E-state index contributed by atoms with van der Waals surface area (Å²) in [6.07, 6.45) is -4.49. The van der Waals surface area contributed by atoms with Gasteiger partial charge in [0.05, 0.1) is 35.7 Å². The molecule has 184 valence electrons. The molecule has 2 heterocycles. The Labute approximate surface area is 205 Å². The van der Waals surface area contributed by atoms with Crippen LogP contribution in [0.3, 0.4) is 0 Å². The molecule has 4 aromatic rings. The van der Waals surface area contributed by atoms with Crippen LogP contribution < -0.4 is 4.90 Å². The number of aliphatic hydroxyl groups excluding tert-OH is 1. The Balaban J connectivity index is 2.03. The monoisotopic (exact) mass is 504 g/mol. The first-order chi connectivity index (χ1) is 16.7. The minimum Gasteiger partial charge on any atom is -0.395 e. The molecule has 2 aromatic heterocycles. The molecule has 0 aliphatic carbocycles. The summed E-state index contributed by atoms with van der Waals surface area (Å²) in [7, 11) is 1.75. The van der Waals surface area contributed by atoms with Crippen LogP contribution in [0.15, 0.2) is 54.6 Å². The number of nitrogens with zero attached hydrogens (tertiary/aromatic N) is 4. The minimum absolute atomic E-state index is 0.110. The van der Waals surface area contributed by atoms with Crippen LogP contribution in [0.2, 0.25) is 5.02 Å². The summed E-state index contributed by atoms with van der Waals surface area (Å²) in [5, 5.41) is 14.7. The van der Waals surface area contributed by atoms with Gasteiger partial charge in [0.25, 0.3) is 0 Å². The maximum absolute atomic E-state index is 13.5. The van der Waals surface area contributed by atoms with Gasteiger partial charge in [-0.25, -0.2) is 9.50 Å². The highest BCUT2D eigenvalue weighted by Crippen LogP contribution is 2.36. The molecule has 0 saturated heterocycles. The number of aliphatic hydroxyl groups is 1.